The van der Waals surface area contributed by atoms with Gasteiger partial charge < -0.3 is 0 Å². The summed E-state index contributed by atoms with van der Waals surface area (Å²) in [5.74, 6) is 0.967. The third-order valence-electron chi connectivity index (χ3n) is 1.76. The zero-order chi connectivity index (χ0) is 9.19. The maximum Gasteiger partial charge on any atom is 0.0294 e. The van der Waals surface area contributed by atoms with Crippen LogP contribution in [0.4, 0.5) is 0 Å². The summed E-state index contributed by atoms with van der Waals surface area (Å²) in [6.45, 7) is 8.75. The Morgan fingerprint density at radius 2 is 2.00 bits per heavy atom. The molecule has 1 aliphatic rings. The number of hydrogen-bond acceptors (Lipinski definition) is 2. The molecule has 0 amide bonds. The molecule has 0 heterocycles. The summed E-state index contributed by atoms with van der Waals surface area (Å²) in [5, 5.41) is 0. The van der Waals surface area contributed by atoms with Gasteiger partial charge in [-0.2, -0.15) is 0 Å². The lowest BCUT2D eigenvalue weighted by atomic mass is 10.2. The van der Waals surface area contributed by atoms with E-state index in [1.807, 2.05) is 0 Å². The van der Waals surface area contributed by atoms with Gasteiger partial charge >= 0.3 is 0 Å². The van der Waals surface area contributed by atoms with Crippen molar-refractivity contribution in [2.24, 2.45) is 10.3 Å². The molecule has 2 heteroatoms. The summed E-state index contributed by atoms with van der Waals surface area (Å²) in [6.07, 6.45) is 4.07. The molecule has 1 aliphatic carbocycles. The smallest absolute Gasteiger partial charge is 0.0294 e. The molecule has 0 N–H and O–H groups in total. The second-order valence-electron chi connectivity index (χ2n) is 4.68. The monoisotopic (exact) mass is 185 g/mol. The highest BCUT2D eigenvalue weighted by atomic mass is 32.2. The minimum absolute atomic E-state index is 0.269. The number of rotatable bonds is 3. The highest BCUT2D eigenvalue weighted by Crippen LogP contribution is 2.33. The Kier molecular flexibility index (Phi) is 3.22. The van der Waals surface area contributed by atoms with Gasteiger partial charge in [-0.3, -0.25) is 0 Å². The topological polar surface area (TPSA) is 12.4 Å². The van der Waals surface area contributed by atoms with Crippen LogP contribution in [-0.2, 0) is 0 Å². The van der Waals surface area contributed by atoms with E-state index in [1.165, 1.54) is 25.0 Å². The van der Waals surface area contributed by atoms with Crippen molar-refractivity contribution in [2.45, 2.75) is 51.7 Å². The molecule has 0 aromatic rings. The Morgan fingerprint density at radius 3 is 2.42 bits per heavy atom. The summed E-state index contributed by atoms with van der Waals surface area (Å²) < 4.78 is 4.78. The van der Waals surface area contributed by atoms with Crippen LogP contribution in [0.1, 0.15) is 47.0 Å². The second kappa shape index (κ2) is 3.82. The Hall–Kier alpha value is 0.0200. The van der Waals surface area contributed by atoms with Crippen molar-refractivity contribution in [3.8, 4) is 0 Å². The molecule has 12 heavy (non-hydrogen) atoms. The first-order chi connectivity index (χ1) is 5.47. The maximum atomic E-state index is 4.51. The van der Waals surface area contributed by atoms with Crippen LogP contribution in [0.5, 0.6) is 0 Å². The van der Waals surface area contributed by atoms with Gasteiger partial charge in [0.25, 0.3) is 0 Å². The third kappa shape index (κ3) is 4.81. The van der Waals surface area contributed by atoms with E-state index >= 15 is 0 Å². The van der Waals surface area contributed by atoms with Gasteiger partial charge in [0.15, 0.2) is 0 Å². The molecule has 1 saturated carbocycles. The lowest BCUT2D eigenvalue weighted by Gasteiger charge is -2.13. The van der Waals surface area contributed by atoms with Crippen LogP contribution < -0.4 is 0 Å². The van der Waals surface area contributed by atoms with Crippen LogP contribution in [0.25, 0.3) is 0 Å². The van der Waals surface area contributed by atoms with E-state index < -0.39 is 0 Å². The van der Waals surface area contributed by atoms with Crippen molar-refractivity contribution in [3.63, 3.8) is 0 Å². The van der Waals surface area contributed by atoms with Crippen molar-refractivity contribution in [1.82, 2.24) is 0 Å². The van der Waals surface area contributed by atoms with Gasteiger partial charge in [0.1, 0.15) is 0 Å². The Bertz CT molecular complexity index is 175. The van der Waals surface area contributed by atoms with Gasteiger partial charge in [-0.25, -0.2) is 4.40 Å². The van der Waals surface area contributed by atoms with E-state index in [9.17, 15) is 0 Å². The fourth-order valence-electron chi connectivity index (χ4n) is 0.992. The molecule has 1 fully saturated rings. The Labute approximate surface area is 80.2 Å². The van der Waals surface area contributed by atoms with Crippen LogP contribution in [-0.4, -0.2) is 10.5 Å². The second-order valence-corrected chi connectivity index (χ2v) is 6.27. The number of nitrogens with zero attached hydrogens (tertiary/aromatic N) is 1. The zero-order valence-corrected chi connectivity index (χ0v) is 9.37. The van der Waals surface area contributed by atoms with Crippen molar-refractivity contribution in [1.29, 1.82) is 0 Å². The Morgan fingerprint density at radius 1 is 1.42 bits per heavy atom. The molecule has 0 radical (unpaired) electrons. The molecule has 0 aromatic carbocycles. The van der Waals surface area contributed by atoms with E-state index in [-0.39, 0.29) is 4.75 Å². The van der Waals surface area contributed by atoms with E-state index in [0.717, 1.165) is 5.92 Å². The molecule has 70 valence electrons. The van der Waals surface area contributed by atoms with Crippen LogP contribution >= 0.6 is 11.9 Å². The summed E-state index contributed by atoms with van der Waals surface area (Å²) in [6, 6.07) is 0. The molecule has 0 aromatic heterocycles. The SMILES string of the molecule is CC(CC1CC1)=NSC(C)(C)C. The predicted molar refractivity (Wildman–Crippen MR) is 57.8 cm³/mol. The summed E-state index contributed by atoms with van der Waals surface area (Å²) >= 11 is 1.70. The van der Waals surface area contributed by atoms with E-state index in [4.69, 9.17) is 0 Å². The molecule has 0 saturated heterocycles. The van der Waals surface area contributed by atoms with Gasteiger partial charge in [-0.05, 0) is 64.8 Å². The summed E-state index contributed by atoms with van der Waals surface area (Å²) in [7, 11) is 0. The van der Waals surface area contributed by atoms with Gasteiger partial charge in [0.05, 0.1) is 0 Å². The molecule has 0 bridgehead atoms. The molecular formula is C10H19NS. The van der Waals surface area contributed by atoms with E-state index in [1.54, 1.807) is 11.9 Å². The van der Waals surface area contributed by atoms with Gasteiger partial charge in [-0.15, -0.1) is 0 Å². The fourth-order valence-corrected chi connectivity index (χ4v) is 1.50. The first-order valence-electron chi connectivity index (χ1n) is 4.69. The predicted octanol–water partition coefficient (Wildman–Crippen LogP) is 3.69. The molecule has 0 unspecified atom stereocenters. The third-order valence-corrected chi connectivity index (χ3v) is 2.71. The first-order valence-corrected chi connectivity index (χ1v) is 5.46. The Balaban J connectivity index is 2.24. The average molecular weight is 185 g/mol. The van der Waals surface area contributed by atoms with Crippen LogP contribution in [0.2, 0.25) is 0 Å². The van der Waals surface area contributed by atoms with Crippen molar-refractivity contribution in [3.05, 3.63) is 0 Å². The minimum atomic E-state index is 0.269. The van der Waals surface area contributed by atoms with Crippen molar-refractivity contribution >= 4 is 17.7 Å². The average Bonchev–Trinajstić information content (AvgIpc) is 2.66. The quantitative estimate of drug-likeness (QED) is 0.482. The van der Waals surface area contributed by atoms with Gasteiger partial charge in [-0.1, -0.05) is 0 Å². The molecular weight excluding hydrogens is 166 g/mol. The molecule has 1 rings (SSSR count). The van der Waals surface area contributed by atoms with E-state index in [2.05, 4.69) is 32.1 Å². The highest BCUT2D eigenvalue weighted by molar-refractivity contribution is 7.99. The van der Waals surface area contributed by atoms with E-state index in [0.29, 0.717) is 0 Å². The zero-order valence-electron chi connectivity index (χ0n) is 8.55. The minimum Gasteiger partial charge on any atom is -0.225 e. The molecule has 1 nitrogen and oxygen atoms in total. The largest absolute Gasteiger partial charge is 0.225 e. The van der Waals surface area contributed by atoms with Crippen LogP contribution in [0, 0.1) is 5.92 Å². The highest BCUT2D eigenvalue weighted by Gasteiger charge is 2.22. The van der Waals surface area contributed by atoms with Crippen molar-refractivity contribution < 1.29 is 0 Å². The summed E-state index contributed by atoms with van der Waals surface area (Å²) in [5.41, 5.74) is 1.32. The van der Waals surface area contributed by atoms with Crippen LogP contribution in [0.3, 0.4) is 0 Å². The standard InChI is InChI=1S/C10H19NS/c1-8(7-9-5-6-9)11-12-10(2,3)4/h9H,5-7H2,1-4H3. The molecule has 0 spiro atoms. The van der Waals surface area contributed by atoms with Crippen LogP contribution in [0.15, 0.2) is 4.40 Å². The fraction of sp³-hybridized carbons (Fsp3) is 0.900. The van der Waals surface area contributed by atoms with Gasteiger partial charge in [0, 0.05) is 10.5 Å². The van der Waals surface area contributed by atoms with Gasteiger partial charge in [0.2, 0.25) is 0 Å². The lowest BCUT2D eigenvalue weighted by molar-refractivity contribution is 0.803. The molecule has 0 aliphatic heterocycles. The first kappa shape index (κ1) is 10.1. The van der Waals surface area contributed by atoms with Crippen molar-refractivity contribution in [2.75, 3.05) is 0 Å². The number of hydrogen-bond donors (Lipinski definition) is 0. The molecule has 0 atom stereocenters. The summed E-state index contributed by atoms with van der Waals surface area (Å²) in [4.78, 5) is 0. The lowest BCUT2D eigenvalue weighted by Crippen LogP contribution is -2.06. The maximum absolute atomic E-state index is 4.51. The normalized spacial score (nSPS) is 19.8.